The Balaban J connectivity index is 0.00000441. The van der Waals surface area contributed by atoms with Gasteiger partial charge in [-0.2, -0.15) is 5.71 Å². The second-order valence-electron chi connectivity index (χ2n) is 5.23. The smallest absolute Gasteiger partial charge is 0.811 e. The third kappa shape index (κ3) is 8.43. The molecule has 0 amide bonds. The number of nitrogens with zero attached hydrogens (tertiary/aromatic N) is 1. The van der Waals surface area contributed by atoms with Gasteiger partial charge in [0.1, 0.15) is 0 Å². The number of hydrogen-bond donors (Lipinski definition) is 1. The van der Waals surface area contributed by atoms with Crippen molar-refractivity contribution in [3.63, 3.8) is 0 Å². The van der Waals surface area contributed by atoms with E-state index in [9.17, 15) is 10.2 Å². The van der Waals surface area contributed by atoms with Gasteiger partial charge in [-0.25, -0.2) is 0 Å². The van der Waals surface area contributed by atoms with Crippen molar-refractivity contribution in [2.75, 3.05) is 5.88 Å². The van der Waals surface area contributed by atoms with Gasteiger partial charge in [-0.05, 0) is 26.7 Å². The summed E-state index contributed by atoms with van der Waals surface area (Å²) in [6, 6.07) is 9.30. The number of nitrogens with one attached hydrogen (secondary N) is 1. The Morgan fingerprint density at radius 1 is 1.32 bits per heavy atom. The maximum atomic E-state index is 12.2. The number of allylic oxidation sites excluding steroid dienone is 2. The Bertz CT molecular complexity index is 501. The Kier molecular flexibility index (Phi) is 11.0. The molecule has 0 bridgehead atoms. The third-order valence-electron chi connectivity index (χ3n) is 2.83. The molecule has 0 heterocycles. The molecule has 0 atom stereocenters. The van der Waals surface area contributed by atoms with Crippen LogP contribution < -0.4 is 24.2 Å². The minimum Gasteiger partial charge on any atom is -0.811 e. The van der Waals surface area contributed by atoms with E-state index in [2.05, 4.69) is 5.32 Å². The average molecular weight is 313 g/mol. The summed E-state index contributed by atoms with van der Waals surface area (Å²) >= 11 is 5.62. The molecule has 1 aromatic carbocycles. The molecule has 0 aliphatic rings. The molecule has 0 spiro atoms. The first kappa shape index (κ1) is 21.0. The fourth-order valence-electron chi connectivity index (χ4n) is 1.94. The van der Waals surface area contributed by atoms with Crippen LogP contribution in [0.25, 0.3) is 5.41 Å². The van der Waals surface area contributed by atoms with Crippen molar-refractivity contribution >= 4 is 23.1 Å². The van der Waals surface area contributed by atoms with E-state index in [-0.39, 0.29) is 30.7 Å². The van der Waals surface area contributed by atoms with Crippen LogP contribution in [0.4, 0.5) is 0 Å². The fraction of sp³-hybridized carbons (Fsp3) is 0.412. The van der Waals surface area contributed by atoms with Crippen LogP contribution in [0.3, 0.4) is 0 Å². The van der Waals surface area contributed by atoms with Gasteiger partial charge in [0.15, 0.2) is 5.78 Å². The van der Waals surface area contributed by atoms with Gasteiger partial charge in [0.05, 0.1) is 0 Å². The first-order valence-electron chi connectivity index (χ1n) is 7.19. The number of hydrogen-bond acceptors (Lipinski definition) is 2. The van der Waals surface area contributed by atoms with Gasteiger partial charge in [-0.1, -0.05) is 36.8 Å². The third-order valence-corrected chi connectivity index (χ3v) is 3.10. The molecule has 0 saturated heterocycles. The molecule has 1 aromatic rings. The Morgan fingerprint density at radius 2 is 1.95 bits per heavy atom. The number of rotatable bonds is 9. The standard InChI is InChI=1S/C17H22ClN2O.Li/c1-13(2)20-16(11-15(19)9-6-10-18)12-17(21)14-7-4-3-5-8-14;/h3-5,7-8,12-13,20H,6,9-11H2,1-2H3;/q-1;+1/b16-12-;. The summed E-state index contributed by atoms with van der Waals surface area (Å²) < 4.78 is 0. The van der Waals surface area contributed by atoms with Gasteiger partial charge in [-0.3, -0.25) is 4.79 Å². The van der Waals surface area contributed by atoms with Crippen LogP contribution in [0, 0.1) is 0 Å². The monoisotopic (exact) mass is 312 g/mol. The van der Waals surface area contributed by atoms with Crippen LogP contribution in [0.5, 0.6) is 0 Å². The number of alkyl halides is 1. The largest absolute Gasteiger partial charge is 1.00 e. The van der Waals surface area contributed by atoms with Crippen LogP contribution >= 0.6 is 11.6 Å². The number of carbonyl (C=O) groups excluding carboxylic acids is 1. The van der Waals surface area contributed by atoms with E-state index >= 15 is 0 Å². The number of benzene rings is 1. The molecule has 0 aliphatic carbocycles. The molecule has 1 N–H and O–H groups in total. The zero-order valence-corrected chi connectivity index (χ0v) is 14.4. The summed E-state index contributed by atoms with van der Waals surface area (Å²) in [6.07, 6.45) is 3.20. The number of ketones is 1. The quantitative estimate of drug-likeness (QED) is 0.245. The van der Waals surface area contributed by atoms with Crippen molar-refractivity contribution < 1.29 is 23.7 Å². The van der Waals surface area contributed by atoms with Crippen molar-refractivity contribution in [3.05, 3.63) is 53.1 Å². The second kappa shape index (κ2) is 11.5. The molecular weight excluding hydrogens is 291 g/mol. The van der Waals surface area contributed by atoms with Crippen LogP contribution in [-0.4, -0.2) is 23.4 Å². The summed E-state index contributed by atoms with van der Waals surface area (Å²) in [6.45, 7) is 3.99. The van der Waals surface area contributed by atoms with Gasteiger partial charge >= 0.3 is 18.9 Å². The molecular formula is C17H22ClLiN2O. The van der Waals surface area contributed by atoms with E-state index in [1.165, 1.54) is 0 Å². The minimum absolute atomic E-state index is 0. The fourth-order valence-corrected chi connectivity index (χ4v) is 2.07. The van der Waals surface area contributed by atoms with E-state index in [0.29, 0.717) is 30.0 Å². The molecule has 114 valence electrons. The molecule has 22 heavy (non-hydrogen) atoms. The Morgan fingerprint density at radius 3 is 2.50 bits per heavy atom. The molecule has 3 nitrogen and oxygen atoms in total. The summed E-state index contributed by atoms with van der Waals surface area (Å²) in [4.78, 5) is 12.2. The van der Waals surface area contributed by atoms with Gasteiger partial charge in [-0.15, -0.1) is 11.6 Å². The topological polar surface area (TPSA) is 51.4 Å². The SMILES string of the molecule is CC(C)N/C(=C\C(=O)c1ccccc1)CC(=[N-])CCCCl.[Li+]. The Hall–Kier alpha value is -1.01. The Labute approximate surface area is 150 Å². The number of halogens is 1. The summed E-state index contributed by atoms with van der Waals surface area (Å²) in [5.74, 6) is 0.452. The van der Waals surface area contributed by atoms with Crippen LogP contribution in [0.1, 0.15) is 43.5 Å². The van der Waals surface area contributed by atoms with Crippen LogP contribution in [0.15, 0.2) is 42.1 Å². The van der Waals surface area contributed by atoms with Gasteiger partial charge < -0.3 is 10.7 Å². The van der Waals surface area contributed by atoms with Gasteiger partial charge in [0, 0.05) is 29.3 Å². The zero-order valence-electron chi connectivity index (χ0n) is 13.6. The maximum Gasteiger partial charge on any atom is 1.00 e. The predicted octanol–water partition coefficient (Wildman–Crippen LogP) is 1.17. The average Bonchev–Trinajstić information content (AvgIpc) is 2.45. The number of carbonyl (C=O) groups is 1. The molecule has 0 saturated carbocycles. The van der Waals surface area contributed by atoms with E-state index in [4.69, 9.17) is 11.6 Å². The summed E-state index contributed by atoms with van der Waals surface area (Å²) in [5, 5.41) is 13.1. The van der Waals surface area contributed by atoms with Crippen molar-refractivity contribution in [2.45, 2.75) is 39.2 Å². The molecule has 1 rings (SSSR count). The molecule has 0 unspecified atom stereocenters. The summed E-state index contributed by atoms with van der Waals surface area (Å²) in [7, 11) is 0. The zero-order chi connectivity index (χ0) is 15.7. The van der Waals surface area contributed by atoms with Crippen molar-refractivity contribution in [3.8, 4) is 0 Å². The van der Waals surface area contributed by atoms with Gasteiger partial charge in [0.25, 0.3) is 0 Å². The van der Waals surface area contributed by atoms with Crippen molar-refractivity contribution in [1.29, 1.82) is 0 Å². The van der Waals surface area contributed by atoms with Crippen molar-refractivity contribution in [1.82, 2.24) is 5.32 Å². The van der Waals surface area contributed by atoms with Gasteiger partial charge in [0.2, 0.25) is 0 Å². The molecule has 0 aromatic heterocycles. The molecule has 0 radical (unpaired) electrons. The normalized spacial score (nSPS) is 11.0. The minimum atomic E-state index is -0.0658. The van der Waals surface area contributed by atoms with E-state index in [1.807, 2.05) is 32.0 Å². The molecule has 0 aliphatic heterocycles. The molecule has 0 fully saturated rings. The van der Waals surface area contributed by atoms with Crippen molar-refractivity contribution in [2.24, 2.45) is 0 Å². The first-order valence-corrected chi connectivity index (χ1v) is 7.72. The van der Waals surface area contributed by atoms with Crippen LogP contribution in [-0.2, 0) is 0 Å². The summed E-state index contributed by atoms with van der Waals surface area (Å²) in [5.41, 5.74) is 1.71. The maximum absolute atomic E-state index is 12.2. The predicted molar refractivity (Wildman–Crippen MR) is 90.1 cm³/mol. The van der Waals surface area contributed by atoms with E-state index in [1.54, 1.807) is 18.2 Å². The van der Waals surface area contributed by atoms with E-state index in [0.717, 1.165) is 12.1 Å². The first-order chi connectivity index (χ1) is 10.0. The second-order valence-corrected chi connectivity index (χ2v) is 5.61. The van der Waals surface area contributed by atoms with Crippen LogP contribution in [0.2, 0.25) is 0 Å². The van der Waals surface area contributed by atoms with E-state index < -0.39 is 0 Å². The molecule has 5 heteroatoms.